The third kappa shape index (κ3) is 6.60. The maximum atomic E-state index is 5.43. The normalized spacial score (nSPS) is 13.7. The Morgan fingerprint density at radius 1 is 1.44 bits per heavy atom. The summed E-state index contributed by atoms with van der Waals surface area (Å²) in [7, 11) is 5.29. The van der Waals surface area contributed by atoms with E-state index in [9.17, 15) is 0 Å². The molecule has 0 aromatic rings. The van der Waals surface area contributed by atoms with Gasteiger partial charge in [-0.1, -0.05) is 0 Å². The fraction of sp³-hybridized carbons (Fsp3) is 0.900. The van der Waals surface area contributed by atoms with Gasteiger partial charge in [0.25, 0.3) is 0 Å². The molecule has 0 aliphatic heterocycles. The average molecular weight is 232 g/mol. The summed E-state index contributed by atoms with van der Waals surface area (Å²) in [6.07, 6.45) is 0.937. The molecule has 0 spiro atoms. The Balaban J connectivity index is 4.13. The van der Waals surface area contributed by atoms with E-state index in [0.717, 1.165) is 19.6 Å². The molecular weight excluding hydrogens is 208 g/mol. The summed E-state index contributed by atoms with van der Waals surface area (Å²) in [6, 6.07) is 0.0842. The van der Waals surface area contributed by atoms with E-state index in [-0.39, 0.29) is 6.04 Å². The number of nitrogens with zero attached hydrogens (tertiary/aromatic N) is 2. The van der Waals surface area contributed by atoms with Crippen molar-refractivity contribution in [1.82, 2.24) is 10.3 Å². The van der Waals surface area contributed by atoms with Crippen LogP contribution < -0.4 is 11.3 Å². The largest absolute Gasteiger partial charge is 0.385 e. The molecule has 1 atom stereocenters. The lowest BCUT2D eigenvalue weighted by molar-refractivity contribution is 0.183. The van der Waals surface area contributed by atoms with Crippen LogP contribution in [0.3, 0.4) is 0 Å². The molecule has 0 bridgehead atoms. The van der Waals surface area contributed by atoms with E-state index in [1.165, 1.54) is 0 Å². The highest BCUT2D eigenvalue weighted by molar-refractivity contribution is 5.79. The van der Waals surface area contributed by atoms with Gasteiger partial charge in [-0.05, 0) is 13.3 Å². The lowest BCUT2D eigenvalue weighted by Gasteiger charge is -2.21. The second-order valence-corrected chi connectivity index (χ2v) is 3.67. The van der Waals surface area contributed by atoms with Crippen molar-refractivity contribution in [2.45, 2.75) is 19.4 Å². The molecule has 0 radical (unpaired) electrons. The predicted molar refractivity (Wildman–Crippen MR) is 65.2 cm³/mol. The van der Waals surface area contributed by atoms with E-state index in [1.807, 2.05) is 18.9 Å². The van der Waals surface area contributed by atoms with Crippen LogP contribution in [0.15, 0.2) is 4.99 Å². The van der Waals surface area contributed by atoms with Crippen LogP contribution in [0.5, 0.6) is 0 Å². The minimum absolute atomic E-state index is 0.0842. The molecule has 1 unspecified atom stereocenters. The Labute approximate surface area is 97.8 Å². The first-order valence-electron chi connectivity index (χ1n) is 5.39. The number of ether oxygens (including phenoxy) is 2. The average Bonchev–Trinajstić information content (AvgIpc) is 2.26. The number of rotatable bonds is 7. The zero-order valence-corrected chi connectivity index (χ0v) is 10.7. The Morgan fingerprint density at radius 2 is 2.12 bits per heavy atom. The van der Waals surface area contributed by atoms with E-state index < -0.39 is 0 Å². The highest BCUT2D eigenvalue weighted by Crippen LogP contribution is 1.95. The number of aliphatic imine (C=N–C) groups is 1. The van der Waals surface area contributed by atoms with Gasteiger partial charge in [0.2, 0.25) is 5.96 Å². The number of hydrazine groups is 1. The second-order valence-electron chi connectivity index (χ2n) is 3.67. The van der Waals surface area contributed by atoms with E-state index in [4.69, 9.17) is 15.3 Å². The van der Waals surface area contributed by atoms with Crippen molar-refractivity contribution in [3.8, 4) is 0 Å². The van der Waals surface area contributed by atoms with Gasteiger partial charge in [-0.25, -0.2) is 10.8 Å². The molecule has 0 aliphatic carbocycles. The van der Waals surface area contributed by atoms with Gasteiger partial charge in [-0.15, -0.1) is 0 Å². The van der Waals surface area contributed by atoms with Gasteiger partial charge >= 0.3 is 0 Å². The lowest BCUT2D eigenvalue weighted by atomic mass is 10.4. The smallest absolute Gasteiger partial charge is 0.208 e. The molecule has 3 N–H and O–H groups in total. The molecule has 0 saturated carbocycles. The van der Waals surface area contributed by atoms with Crippen LogP contribution in [0.2, 0.25) is 0 Å². The highest BCUT2D eigenvalue weighted by atomic mass is 16.5. The number of guanidine groups is 1. The molecule has 0 aromatic carbocycles. The molecule has 6 nitrogen and oxygen atoms in total. The van der Waals surface area contributed by atoms with Gasteiger partial charge in [-0.3, -0.25) is 5.43 Å². The van der Waals surface area contributed by atoms with Crippen molar-refractivity contribution in [2.75, 3.05) is 41.0 Å². The first kappa shape index (κ1) is 15.2. The quantitative estimate of drug-likeness (QED) is 0.209. The van der Waals surface area contributed by atoms with Crippen molar-refractivity contribution in [3.05, 3.63) is 0 Å². The summed E-state index contributed by atoms with van der Waals surface area (Å²) in [5.74, 6) is 6.10. The Bertz CT molecular complexity index is 199. The van der Waals surface area contributed by atoms with Crippen molar-refractivity contribution in [2.24, 2.45) is 10.8 Å². The minimum atomic E-state index is 0.0842. The molecule has 96 valence electrons. The van der Waals surface area contributed by atoms with Crippen molar-refractivity contribution < 1.29 is 9.47 Å². The zero-order chi connectivity index (χ0) is 12.4. The highest BCUT2D eigenvalue weighted by Gasteiger charge is 2.06. The van der Waals surface area contributed by atoms with Crippen LogP contribution >= 0.6 is 0 Å². The number of nitrogens with two attached hydrogens (primary N) is 1. The summed E-state index contributed by atoms with van der Waals surface area (Å²) in [5, 5.41) is 0. The van der Waals surface area contributed by atoms with E-state index in [0.29, 0.717) is 12.6 Å². The van der Waals surface area contributed by atoms with Crippen molar-refractivity contribution >= 4 is 5.96 Å². The van der Waals surface area contributed by atoms with Crippen LogP contribution in [-0.2, 0) is 9.47 Å². The minimum Gasteiger partial charge on any atom is -0.385 e. The van der Waals surface area contributed by atoms with Gasteiger partial charge < -0.3 is 14.4 Å². The molecule has 0 aliphatic rings. The fourth-order valence-electron chi connectivity index (χ4n) is 1.29. The van der Waals surface area contributed by atoms with Gasteiger partial charge in [-0.2, -0.15) is 0 Å². The van der Waals surface area contributed by atoms with E-state index >= 15 is 0 Å². The molecule has 16 heavy (non-hydrogen) atoms. The third-order valence-corrected chi connectivity index (χ3v) is 2.08. The summed E-state index contributed by atoms with van der Waals surface area (Å²) >= 11 is 0. The van der Waals surface area contributed by atoms with Crippen LogP contribution in [-0.4, -0.2) is 57.9 Å². The van der Waals surface area contributed by atoms with Crippen LogP contribution in [0.4, 0.5) is 0 Å². The molecular formula is C10H24N4O2. The number of nitrogens with one attached hydrogen (secondary N) is 1. The summed E-state index contributed by atoms with van der Waals surface area (Å²) in [4.78, 5) is 6.37. The Morgan fingerprint density at radius 3 is 2.62 bits per heavy atom. The van der Waals surface area contributed by atoms with Gasteiger partial charge in [0.15, 0.2) is 0 Å². The summed E-state index contributed by atoms with van der Waals surface area (Å²) in [5.41, 5.74) is 2.60. The zero-order valence-electron chi connectivity index (χ0n) is 10.7. The topological polar surface area (TPSA) is 72.1 Å². The van der Waals surface area contributed by atoms with Crippen molar-refractivity contribution in [3.63, 3.8) is 0 Å². The maximum Gasteiger partial charge on any atom is 0.208 e. The summed E-state index contributed by atoms with van der Waals surface area (Å²) in [6.45, 7) is 4.13. The maximum absolute atomic E-state index is 5.43. The predicted octanol–water partition coefficient (Wildman–Crippen LogP) is -0.191. The summed E-state index contributed by atoms with van der Waals surface area (Å²) < 4.78 is 10.0. The first-order valence-corrected chi connectivity index (χ1v) is 5.39. The standard InChI is InChI=1S/C10H24N4O2/c1-9(8-16-4)12-10(13-11)14(2)6-5-7-15-3/h9H,5-8,11H2,1-4H3,(H,12,13). The third-order valence-electron chi connectivity index (χ3n) is 2.08. The fourth-order valence-corrected chi connectivity index (χ4v) is 1.29. The van der Waals surface area contributed by atoms with Gasteiger partial charge in [0, 0.05) is 34.4 Å². The number of hydrogen-bond donors (Lipinski definition) is 2. The number of methoxy groups -OCH3 is 2. The first-order chi connectivity index (χ1) is 7.65. The van der Waals surface area contributed by atoms with Gasteiger partial charge in [0.05, 0.1) is 12.6 Å². The van der Waals surface area contributed by atoms with Crippen molar-refractivity contribution in [1.29, 1.82) is 0 Å². The molecule has 0 aromatic heterocycles. The molecule has 6 heteroatoms. The Hall–Kier alpha value is -0.850. The molecule has 0 rings (SSSR count). The number of hydrogen-bond acceptors (Lipinski definition) is 4. The second kappa shape index (κ2) is 9.38. The van der Waals surface area contributed by atoms with Crippen LogP contribution in [0, 0.1) is 0 Å². The molecule has 0 amide bonds. The van der Waals surface area contributed by atoms with E-state index in [2.05, 4.69) is 10.4 Å². The SMILES string of the molecule is COCCCN(C)C(=NC(C)COC)NN. The lowest BCUT2D eigenvalue weighted by Crippen LogP contribution is -2.44. The van der Waals surface area contributed by atoms with Gasteiger partial charge in [0.1, 0.15) is 0 Å². The Kier molecular flexibility index (Phi) is 8.88. The van der Waals surface area contributed by atoms with E-state index in [1.54, 1.807) is 14.2 Å². The molecule has 0 heterocycles. The molecule has 0 fully saturated rings. The van der Waals surface area contributed by atoms with Crippen LogP contribution in [0.25, 0.3) is 0 Å². The monoisotopic (exact) mass is 232 g/mol. The molecule has 0 saturated heterocycles. The van der Waals surface area contributed by atoms with Crippen LogP contribution in [0.1, 0.15) is 13.3 Å².